The van der Waals surface area contributed by atoms with E-state index in [1.807, 2.05) is 6.92 Å². The minimum Gasteiger partial charge on any atom is -0.298 e. The molecular formula is C13H19ClN2O2S2. The van der Waals surface area contributed by atoms with Crippen LogP contribution in [0.25, 0.3) is 0 Å². The minimum absolute atomic E-state index is 0.372. The molecule has 1 saturated heterocycles. The molecule has 2 heterocycles. The van der Waals surface area contributed by atoms with Crippen LogP contribution in [0.3, 0.4) is 0 Å². The molecule has 7 heteroatoms. The summed E-state index contributed by atoms with van der Waals surface area (Å²) in [5.74, 6) is 0.372. The summed E-state index contributed by atoms with van der Waals surface area (Å²) in [6.45, 7) is 4.77. The van der Waals surface area contributed by atoms with Crippen molar-refractivity contribution in [2.45, 2.75) is 36.6 Å². The molecule has 0 amide bonds. The monoisotopic (exact) mass is 334 g/mol. The molecule has 0 N–H and O–H groups in total. The lowest BCUT2D eigenvalue weighted by atomic mass is 10.3. The van der Waals surface area contributed by atoms with Crippen molar-refractivity contribution < 1.29 is 8.42 Å². The Balaban J connectivity index is 1.76. The van der Waals surface area contributed by atoms with Crippen LogP contribution >= 0.6 is 22.9 Å². The third kappa shape index (κ3) is 2.76. The fraction of sp³-hybridized carbons (Fsp3) is 0.692. The number of sulfonamides is 1. The van der Waals surface area contributed by atoms with Gasteiger partial charge in [-0.3, -0.25) is 4.90 Å². The van der Waals surface area contributed by atoms with E-state index in [4.69, 9.17) is 11.6 Å². The van der Waals surface area contributed by atoms with Crippen molar-refractivity contribution in [1.29, 1.82) is 0 Å². The lowest BCUT2D eigenvalue weighted by Gasteiger charge is -2.34. The van der Waals surface area contributed by atoms with E-state index in [2.05, 4.69) is 4.90 Å². The summed E-state index contributed by atoms with van der Waals surface area (Å²) in [4.78, 5) is 4.61. The van der Waals surface area contributed by atoms with Crippen molar-refractivity contribution in [2.75, 3.05) is 26.2 Å². The SMILES string of the molecule is Cc1sc(CCl)cc1S(=O)(=O)N1CCN(C2CC2)CC1. The predicted molar refractivity (Wildman–Crippen MR) is 82.0 cm³/mol. The van der Waals surface area contributed by atoms with Crippen LogP contribution in [0.2, 0.25) is 0 Å². The first-order chi connectivity index (χ1) is 9.52. The number of thiophene rings is 1. The van der Waals surface area contributed by atoms with Crippen LogP contribution in [0.4, 0.5) is 0 Å². The smallest absolute Gasteiger partial charge is 0.244 e. The number of nitrogens with zero attached hydrogens (tertiary/aromatic N) is 2. The highest BCUT2D eigenvalue weighted by Gasteiger charge is 2.35. The number of rotatable bonds is 4. The zero-order chi connectivity index (χ0) is 14.3. The summed E-state index contributed by atoms with van der Waals surface area (Å²) in [5.41, 5.74) is 0. The van der Waals surface area contributed by atoms with Crippen molar-refractivity contribution in [3.05, 3.63) is 15.8 Å². The van der Waals surface area contributed by atoms with Crippen molar-refractivity contribution in [3.8, 4) is 0 Å². The molecule has 3 rings (SSSR count). The first-order valence-corrected chi connectivity index (χ1v) is 9.71. The van der Waals surface area contributed by atoms with Crippen molar-refractivity contribution in [2.24, 2.45) is 0 Å². The molecule has 0 atom stereocenters. The summed E-state index contributed by atoms with van der Waals surface area (Å²) >= 11 is 7.28. The number of alkyl halides is 1. The lowest BCUT2D eigenvalue weighted by Crippen LogP contribution is -2.49. The second kappa shape index (κ2) is 5.57. The molecule has 0 spiro atoms. The Morgan fingerprint density at radius 2 is 1.95 bits per heavy atom. The molecule has 0 unspecified atom stereocenters. The van der Waals surface area contributed by atoms with Crippen LogP contribution in [0.1, 0.15) is 22.6 Å². The molecule has 1 saturated carbocycles. The van der Waals surface area contributed by atoms with E-state index in [1.54, 1.807) is 10.4 Å². The summed E-state index contributed by atoms with van der Waals surface area (Å²) in [6, 6.07) is 2.45. The van der Waals surface area contributed by atoms with E-state index in [-0.39, 0.29) is 0 Å². The third-order valence-corrected chi connectivity index (χ3v) is 7.66. The normalized spacial score (nSPS) is 22.3. The average Bonchev–Trinajstić information content (AvgIpc) is 3.21. The minimum atomic E-state index is -3.35. The molecule has 2 aliphatic rings. The zero-order valence-electron chi connectivity index (χ0n) is 11.5. The lowest BCUT2D eigenvalue weighted by molar-refractivity contribution is 0.180. The van der Waals surface area contributed by atoms with Gasteiger partial charge in [0.25, 0.3) is 0 Å². The summed E-state index contributed by atoms with van der Waals surface area (Å²) in [5, 5.41) is 0. The Bertz CT molecular complexity index is 588. The highest BCUT2D eigenvalue weighted by molar-refractivity contribution is 7.89. The van der Waals surface area contributed by atoms with E-state index in [1.165, 1.54) is 24.2 Å². The van der Waals surface area contributed by atoms with Crippen LogP contribution in [0.5, 0.6) is 0 Å². The fourth-order valence-electron chi connectivity index (χ4n) is 2.73. The van der Waals surface area contributed by atoms with E-state index >= 15 is 0 Å². The predicted octanol–water partition coefficient (Wildman–Crippen LogP) is 2.26. The van der Waals surface area contributed by atoms with Gasteiger partial charge in [0.1, 0.15) is 0 Å². The first kappa shape index (κ1) is 14.8. The molecule has 1 aromatic rings. The molecule has 0 bridgehead atoms. The largest absolute Gasteiger partial charge is 0.298 e. The Morgan fingerprint density at radius 1 is 1.30 bits per heavy atom. The van der Waals surface area contributed by atoms with Gasteiger partial charge in [-0.15, -0.1) is 22.9 Å². The Labute approximate surface area is 129 Å². The fourth-order valence-corrected chi connectivity index (χ4v) is 5.85. The zero-order valence-corrected chi connectivity index (χ0v) is 13.9. The third-order valence-electron chi connectivity index (χ3n) is 4.01. The molecule has 1 aliphatic carbocycles. The van der Waals surface area contributed by atoms with Crippen molar-refractivity contribution in [3.63, 3.8) is 0 Å². The molecule has 1 aromatic heterocycles. The second-order valence-corrected chi connectivity index (χ2v) is 8.95. The van der Waals surface area contributed by atoms with Crippen LogP contribution in [-0.4, -0.2) is 49.8 Å². The average molecular weight is 335 g/mol. The van der Waals surface area contributed by atoms with Gasteiger partial charge in [0, 0.05) is 42.0 Å². The number of aryl methyl sites for hydroxylation is 1. The number of halogens is 1. The Morgan fingerprint density at radius 3 is 2.45 bits per heavy atom. The maximum absolute atomic E-state index is 12.7. The molecule has 0 radical (unpaired) electrons. The van der Waals surface area contributed by atoms with Crippen LogP contribution in [-0.2, 0) is 15.9 Å². The summed E-state index contributed by atoms with van der Waals surface area (Å²) in [6.07, 6.45) is 2.55. The Kier molecular flexibility index (Phi) is 4.12. The first-order valence-electron chi connectivity index (χ1n) is 6.92. The molecule has 112 valence electrons. The number of piperazine rings is 1. The standard InChI is InChI=1S/C13H19ClN2O2S2/c1-10-13(8-12(9-14)19-10)20(17,18)16-6-4-15(5-7-16)11-2-3-11/h8,11H,2-7,9H2,1H3. The molecule has 0 aromatic carbocycles. The topological polar surface area (TPSA) is 40.6 Å². The molecule has 4 nitrogen and oxygen atoms in total. The number of hydrogen-bond donors (Lipinski definition) is 0. The van der Waals surface area contributed by atoms with Gasteiger partial charge in [-0.2, -0.15) is 4.31 Å². The quantitative estimate of drug-likeness (QED) is 0.793. The van der Waals surface area contributed by atoms with Gasteiger partial charge in [-0.1, -0.05) is 0 Å². The van der Waals surface area contributed by atoms with Gasteiger partial charge in [0.15, 0.2) is 0 Å². The van der Waals surface area contributed by atoms with Gasteiger partial charge in [-0.25, -0.2) is 8.42 Å². The second-order valence-electron chi connectivity index (χ2n) is 5.44. The maximum Gasteiger partial charge on any atom is 0.244 e. The molecular weight excluding hydrogens is 316 g/mol. The summed E-state index contributed by atoms with van der Waals surface area (Å²) < 4.78 is 27.0. The van der Waals surface area contributed by atoms with E-state index in [0.717, 1.165) is 22.8 Å². The van der Waals surface area contributed by atoms with Gasteiger partial charge >= 0.3 is 0 Å². The molecule has 20 heavy (non-hydrogen) atoms. The van der Waals surface area contributed by atoms with Crippen LogP contribution < -0.4 is 0 Å². The number of hydrogen-bond acceptors (Lipinski definition) is 4. The van der Waals surface area contributed by atoms with Crippen LogP contribution in [0, 0.1) is 6.92 Å². The summed E-state index contributed by atoms with van der Waals surface area (Å²) in [7, 11) is -3.35. The maximum atomic E-state index is 12.7. The van der Waals surface area contributed by atoms with Gasteiger partial charge < -0.3 is 0 Å². The molecule has 2 fully saturated rings. The Hall–Kier alpha value is -0.140. The van der Waals surface area contributed by atoms with Gasteiger partial charge in [0.2, 0.25) is 10.0 Å². The molecule has 1 aliphatic heterocycles. The highest BCUT2D eigenvalue weighted by atomic mass is 35.5. The van der Waals surface area contributed by atoms with E-state index in [9.17, 15) is 8.42 Å². The van der Waals surface area contributed by atoms with Crippen molar-refractivity contribution in [1.82, 2.24) is 9.21 Å². The van der Waals surface area contributed by atoms with E-state index < -0.39 is 10.0 Å². The van der Waals surface area contributed by atoms with Gasteiger partial charge in [0.05, 0.1) is 10.8 Å². The van der Waals surface area contributed by atoms with Gasteiger partial charge in [-0.05, 0) is 25.8 Å². The van der Waals surface area contributed by atoms with Crippen LogP contribution in [0.15, 0.2) is 11.0 Å². The highest BCUT2D eigenvalue weighted by Crippen LogP contribution is 2.31. The van der Waals surface area contributed by atoms with E-state index in [0.29, 0.717) is 29.9 Å². The van der Waals surface area contributed by atoms with Crippen molar-refractivity contribution >= 4 is 33.0 Å².